The summed E-state index contributed by atoms with van der Waals surface area (Å²) in [5.41, 5.74) is 1.90. The predicted molar refractivity (Wildman–Crippen MR) is 82.7 cm³/mol. The van der Waals surface area contributed by atoms with Crippen molar-refractivity contribution in [3.8, 4) is 0 Å². The van der Waals surface area contributed by atoms with E-state index >= 15 is 0 Å². The molecule has 2 aromatic rings. The third kappa shape index (κ3) is 3.50. The molecule has 1 aliphatic rings. The number of aromatic nitrogens is 1. The zero-order valence-electron chi connectivity index (χ0n) is 11.8. The lowest BCUT2D eigenvalue weighted by Gasteiger charge is -2.21. The molecule has 1 heterocycles. The number of hydrogen-bond donors (Lipinski definition) is 1. The van der Waals surface area contributed by atoms with Crippen LogP contribution in [0, 0.1) is 5.92 Å². The average molecular weight is 361 g/mol. The summed E-state index contributed by atoms with van der Waals surface area (Å²) in [6, 6.07) is 2.89. The molecular weight excluding hydrogens is 349 g/mol. The molecule has 0 aliphatic heterocycles. The molecule has 0 spiro atoms. The van der Waals surface area contributed by atoms with E-state index in [9.17, 15) is 18.0 Å². The molecule has 1 N–H and O–H groups in total. The highest BCUT2D eigenvalue weighted by atomic mass is 35.5. The van der Waals surface area contributed by atoms with E-state index in [2.05, 4.69) is 10.3 Å². The third-order valence-electron chi connectivity index (χ3n) is 3.81. The van der Waals surface area contributed by atoms with E-state index in [1.165, 1.54) is 11.3 Å². The second kappa shape index (κ2) is 6.13. The summed E-state index contributed by atoms with van der Waals surface area (Å²) in [6.45, 7) is 0. The zero-order valence-corrected chi connectivity index (χ0v) is 13.4. The molecular formula is C15H12ClF3N2OS. The van der Waals surface area contributed by atoms with Gasteiger partial charge in [0.25, 0.3) is 0 Å². The molecule has 1 aromatic carbocycles. The van der Waals surface area contributed by atoms with Crippen LogP contribution in [0.3, 0.4) is 0 Å². The molecule has 0 bridgehead atoms. The van der Waals surface area contributed by atoms with Gasteiger partial charge in [-0.3, -0.25) is 4.79 Å². The van der Waals surface area contributed by atoms with Gasteiger partial charge < -0.3 is 5.32 Å². The number of carbonyl (C=O) groups is 1. The lowest BCUT2D eigenvalue weighted by atomic mass is 9.90. The van der Waals surface area contributed by atoms with Gasteiger partial charge in [-0.25, -0.2) is 4.98 Å². The van der Waals surface area contributed by atoms with Crippen LogP contribution in [-0.2, 0) is 23.8 Å². The summed E-state index contributed by atoms with van der Waals surface area (Å²) in [5, 5.41) is 2.61. The van der Waals surface area contributed by atoms with Gasteiger partial charge in [0.05, 0.1) is 27.5 Å². The first-order valence-corrected chi connectivity index (χ1v) is 8.19. The zero-order chi connectivity index (χ0) is 16.6. The van der Waals surface area contributed by atoms with E-state index in [0.29, 0.717) is 19.3 Å². The third-order valence-corrected chi connectivity index (χ3v) is 5.04. The van der Waals surface area contributed by atoms with E-state index in [1.54, 1.807) is 5.51 Å². The van der Waals surface area contributed by atoms with Gasteiger partial charge in [-0.1, -0.05) is 11.6 Å². The summed E-state index contributed by atoms with van der Waals surface area (Å²) in [7, 11) is 0. The van der Waals surface area contributed by atoms with Crippen molar-refractivity contribution in [2.45, 2.75) is 25.4 Å². The standard InChI is InChI=1S/C15H12ClF3N2OS/c16-10-3-2-9(15(17,18)19)6-12(10)21-14(22)8-1-4-11-13(5-8)23-7-20-11/h2-3,6-8H,1,4-5H2,(H,21,22). The van der Waals surface area contributed by atoms with Gasteiger partial charge in [0, 0.05) is 10.8 Å². The Morgan fingerprint density at radius 2 is 2.17 bits per heavy atom. The van der Waals surface area contributed by atoms with Gasteiger partial charge in [-0.2, -0.15) is 13.2 Å². The van der Waals surface area contributed by atoms with Crippen LogP contribution in [-0.4, -0.2) is 10.9 Å². The summed E-state index contributed by atoms with van der Waals surface area (Å²) < 4.78 is 38.3. The van der Waals surface area contributed by atoms with E-state index in [0.717, 1.165) is 28.8 Å². The maximum absolute atomic E-state index is 12.8. The van der Waals surface area contributed by atoms with E-state index < -0.39 is 11.7 Å². The Kier molecular flexibility index (Phi) is 4.33. The number of anilines is 1. The SMILES string of the molecule is O=C(Nc1cc(C(F)(F)F)ccc1Cl)C1CCc2ncsc2C1. The number of nitrogens with zero attached hydrogens (tertiary/aromatic N) is 1. The van der Waals surface area contributed by atoms with Gasteiger partial charge in [0.1, 0.15) is 0 Å². The molecule has 23 heavy (non-hydrogen) atoms. The van der Waals surface area contributed by atoms with Crippen molar-refractivity contribution in [1.29, 1.82) is 0 Å². The fourth-order valence-electron chi connectivity index (χ4n) is 2.56. The number of rotatable bonds is 2. The minimum absolute atomic E-state index is 0.0124. The monoisotopic (exact) mass is 360 g/mol. The molecule has 1 unspecified atom stereocenters. The number of halogens is 4. The van der Waals surface area contributed by atoms with Crippen molar-refractivity contribution in [3.05, 3.63) is 44.9 Å². The number of hydrogen-bond acceptors (Lipinski definition) is 3. The Labute approximate surface area is 139 Å². The summed E-state index contributed by atoms with van der Waals surface area (Å²) in [6.07, 6.45) is -2.60. The number of nitrogens with one attached hydrogen (secondary N) is 1. The minimum Gasteiger partial charge on any atom is -0.325 e. The van der Waals surface area contributed by atoms with Gasteiger partial charge in [0.2, 0.25) is 5.91 Å². The molecule has 0 saturated carbocycles. The second-order valence-corrected chi connectivity index (χ2v) is 6.69. The Balaban J connectivity index is 1.76. The summed E-state index contributed by atoms with van der Waals surface area (Å²) in [5.74, 6) is -0.598. The normalized spacial score (nSPS) is 17.7. The van der Waals surface area contributed by atoms with Crippen LogP contribution in [0.25, 0.3) is 0 Å². The van der Waals surface area contributed by atoms with Crippen molar-refractivity contribution in [3.63, 3.8) is 0 Å². The largest absolute Gasteiger partial charge is 0.416 e. The molecule has 0 saturated heterocycles. The summed E-state index contributed by atoms with van der Waals surface area (Å²) >= 11 is 7.40. The van der Waals surface area contributed by atoms with Gasteiger partial charge in [0.15, 0.2) is 0 Å². The Bertz CT molecular complexity index is 745. The van der Waals surface area contributed by atoms with Crippen LogP contribution in [0.15, 0.2) is 23.7 Å². The van der Waals surface area contributed by atoms with Crippen LogP contribution in [0.5, 0.6) is 0 Å². The van der Waals surface area contributed by atoms with Crippen LogP contribution in [0.2, 0.25) is 5.02 Å². The minimum atomic E-state index is -4.48. The fourth-order valence-corrected chi connectivity index (χ4v) is 3.62. The molecule has 1 aromatic heterocycles. The molecule has 1 atom stereocenters. The number of carbonyl (C=O) groups excluding carboxylic acids is 1. The Hall–Kier alpha value is -1.60. The lowest BCUT2D eigenvalue weighted by Crippen LogP contribution is -2.28. The highest BCUT2D eigenvalue weighted by molar-refractivity contribution is 7.09. The van der Waals surface area contributed by atoms with E-state index in [-0.39, 0.29) is 22.5 Å². The van der Waals surface area contributed by atoms with Crippen molar-refractivity contribution in [2.75, 3.05) is 5.32 Å². The number of alkyl halides is 3. The van der Waals surface area contributed by atoms with Crippen LogP contribution >= 0.6 is 22.9 Å². The quantitative estimate of drug-likeness (QED) is 0.853. The molecule has 0 radical (unpaired) electrons. The molecule has 1 aliphatic carbocycles. The number of fused-ring (bicyclic) bond motifs is 1. The average Bonchev–Trinajstić information content (AvgIpc) is 2.95. The fraction of sp³-hybridized carbons (Fsp3) is 0.333. The summed E-state index contributed by atoms with van der Waals surface area (Å²) in [4.78, 5) is 17.6. The molecule has 1 amide bonds. The maximum Gasteiger partial charge on any atom is 0.416 e. The first kappa shape index (κ1) is 16.3. The molecule has 0 fully saturated rings. The number of aryl methyl sites for hydroxylation is 1. The Morgan fingerprint density at radius 1 is 1.39 bits per heavy atom. The van der Waals surface area contributed by atoms with E-state index in [4.69, 9.17) is 11.6 Å². The lowest BCUT2D eigenvalue weighted by molar-refractivity contribution is -0.137. The van der Waals surface area contributed by atoms with Crippen molar-refractivity contribution >= 4 is 34.5 Å². The number of amides is 1. The van der Waals surface area contributed by atoms with E-state index in [1.807, 2.05) is 0 Å². The van der Waals surface area contributed by atoms with Crippen LogP contribution in [0.4, 0.5) is 18.9 Å². The van der Waals surface area contributed by atoms with Crippen molar-refractivity contribution < 1.29 is 18.0 Å². The maximum atomic E-state index is 12.8. The first-order valence-electron chi connectivity index (χ1n) is 6.93. The molecule has 122 valence electrons. The topological polar surface area (TPSA) is 42.0 Å². The number of benzene rings is 1. The predicted octanol–water partition coefficient (Wildman–Crippen LogP) is 4.56. The van der Waals surface area contributed by atoms with Gasteiger partial charge in [-0.15, -0.1) is 11.3 Å². The van der Waals surface area contributed by atoms with Crippen LogP contribution < -0.4 is 5.32 Å². The smallest absolute Gasteiger partial charge is 0.325 e. The van der Waals surface area contributed by atoms with Crippen molar-refractivity contribution in [2.24, 2.45) is 5.92 Å². The van der Waals surface area contributed by atoms with Gasteiger partial charge in [-0.05, 0) is 37.5 Å². The number of thiazole rings is 1. The molecule has 8 heteroatoms. The Morgan fingerprint density at radius 3 is 2.91 bits per heavy atom. The molecule has 3 rings (SSSR count). The highest BCUT2D eigenvalue weighted by Crippen LogP contribution is 2.34. The molecule has 3 nitrogen and oxygen atoms in total. The second-order valence-electron chi connectivity index (χ2n) is 5.34. The van der Waals surface area contributed by atoms with Crippen LogP contribution in [0.1, 0.15) is 22.6 Å². The van der Waals surface area contributed by atoms with Crippen molar-refractivity contribution in [1.82, 2.24) is 4.98 Å². The first-order chi connectivity index (χ1) is 10.8. The highest BCUT2D eigenvalue weighted by Gasteiger charge is 2.32. The van der Waals surface area contributed by atoms with Gasteiger partial charge >= 0.3 is 6.18 Å².